The van der Waals surface area contributed by atoms with E-state index in [1.807, 2.05) is 31.7 Å². The van der Waals surface area contributed by atoms with Crippen LogP contribution in [-0.4, -0.2) is 30.8 Å². The van der Waals surface area contributed by atoms with Gasteiger partial charge in [0.25, 0.3) is 0 Å². The Morgan fingerprint density at radius 1 is 1.30 bits per heavy atom. The fourth-order valence-electron chi connectivity index (χ4n) is 2.39. The van der Waals surface area contributed by atoms with Crippen molar-refractivity contribution in [3.05, 3.63) is 29.6 Å². The lowest BCUT2D eigenvalue weighted by Gasteiger charge is -2.32. The maximum Gasteiger partial charge on any atom is 0.146 e. The molecule has 0 aliphatic heterocycles. The molecule has 1 aromatic carbocycles. The number of aliphatic hydroxyl groups is 1. The zero-order chi connectivity index (χ0) is 15.1. The topological polar surface area (TPSA) is 35.5 Å². The van der Waals surface area contributed by atoms with E-state index < -0.39 is 0 Å². The molecule has 1 aromatic rings. The Hall–Kier alpha value is -1.13. The fraction of sp³-hybridized carbons (Fsp3) is 0.625. The van der Waals surface area contributed by atoms with Crippen molar-refractivity contribution >= 4 is 5.69 Å². The van der Waals surface area contributed by atoms with E-state index in [9.17, 15) is 9.50 Å². The second kappa shape index (κ2) is 8.22. The van der Waals surface area contributed by atoms with E-state index in [1.54, 1.807) is 6.07 Å². The van der Waals surface area contributed by atoms with Gasteiger partial charge in [-0.2, -0.15) is 0 Å². The summed E-state index contributed by atoms with van der Waals surface area (Å²) in [6.07, 6.45) is 1.04. The maximum absolute atomic E-state index is 14.3. The first-order valence-electron chi connectivity index (χ1n) is 7.42. The number of halogens is 1. The largest absolute Gasteiger partial charge is 0.395 e. The molecule has 0 amide bonds. The van der Waals surface area contributed by atoms with Crippen molar-refractivity contribution in [2.45, 2.75) is 46.2 Å². The van der Waals surface area contributed by atoms with Gasteiger partial charge in [0.2, 0.25) is 0 Å². The number of hydrogen-bond acceptors (Lipinski definition) is 3. The van der Waals surface area contributed by atoms with Gasteiger partial charge in [0.1, 0.15) is 5.82 Å². The van der Waals surface area contributed by atoms with Gasteiger partial charge in [-0.15, -0.1) is 0 Å². The summed E-state index contributed by atoms with van der Waals surface area (Å²) in [6, 6.07) is 5.41. The summed E-state index contributed by atoms with van der Waals surface area (Å²) in [7, 11) is 0. The fourth-order valence-corrected chi connectivity index (χ4v) is 2.39. The second-order valence-corrected chi connectivity index (χ2v) is 5.36. The molecular formula is C16H27FN2O. The summed E-state index contributed by atoms with van der Waals surface area (Å²) in [6.45, 7) is 9.53. The number of para-hydroxylation sites is 1. The summed E-state index contributed by atoms with van der Waals surface area (Å²) in [5, 5.41) is 12.6. The molecule has 114 valence electrons. The van der Waals surface area contributed by atoms with E-state index in [0.717, 1.165) is 18.5 Å². The van der Waals surface area contributed by atoms with Gasteiger partial charge < -0.3 is 15.3 Å². The third-order valence-electron chi connectivity index (χ3n) is 3.44. The molecule has 0 bridgehead atoms. The van der Waals surface area contributed by atoms with Crippen molar-refractivity contribution in [1.29, 1.82) is 0 Å². The molecule has 3 nitrogen and oxygen atoms in total. The Bertz CT molecular complexity index is 409. The quantitative estimate of drug-likeness (QED) is 0.769. The van der Waals surface area contributed by atoms with Gasteiger partial charge in [-0.1, -0.05) is 19.1 Å². The van der Waals surface area contributed by atoms with E-state index in [0.29, 0.717) is 12.2 Å². The monoisotopic (exact) mass is 282 g/mol. The van der Waals surface area contributed by atoms with E-state index in [4.69, 9.17) is 0 Å². The maximum atomic E-state index is 14.3. The number of nitrogens with one attached hydrogen (secondary N) is 1. The van der Waals surface area contributed by atoms with Crippen LogP contribution in [0.2, 0.25) is 0 Å². The summed E-state index contributed by atoms with van der Waals surface area (Å²) in [5.41, 5.74) is 1.55. The molecular weight excluding hydrogens is 255 g/mol. The number of aliphatic hydroxyl groups excluding tert-OH is 1. The molecule has 1 unspecified atom stereocenters. The van der Waals surface area contributed by atoms with Crippen molar-refractivity contribution in [3.8, 4) is 0 Å². The molecule has 0 spiro atoms. The van der Waals surface area contributed by atoms with Crippen LogP contribution >= 0.6 is 0 Å². The molecule has 0 saturated carbocycles. The normalized spacial score (nSPS) is 12.8. The molecule has 1 rings (SSSR count). The first-order chi connectivity index (χ1) is 9.52. The summed E-state index contributed by atoms with van der Waals surface area (Å²) in [5.74, 6) is -0.227. The average Bonchev–Trinajstić information content (AvgIpc) is 2.42. The minimum Gasteiger partial charge on any atom is -0.395 e. The van der Waals surface area contributed by atoms with Crippen molar-refractivity contribution in [1.82, 2.24) is 5.32 Å². The molecule has 4 heteroatoms. The molecule has 2 N–H and O–H groups in total. The lowest BCUT2D eigenvalue weighted by atomic mass is 10.0. The number of hydrogen-bond donors (Lipinski definition) is 2. The molecule has 0 heterocycles. The highest BCUT2D eigenvalue weighted by Gasteiger charge is 2.21. The minimum atomic E-state index is -0.227. The van der Waals surface area contributed by atoms with Gasteiger partial charge in [-0.3, -0.25) is 0 Å². The van der Waals surface area contributed by atoms with Crippen LogP contribution in [0, 0.1) is 5.82 Å². The first-order valence-corrected chi connectivity index (χ1v) is 7.42. The SMILES string of the molecule is CCCNC(C)c1cccc(F)c1N(CCO)C(C)C. The highest BCUT2D eigenvalue weighted by Crippen LogP contribution is 2.30. The highest BCUT2D eigenvalue weighted by atomic mass is 19.1. The van der Waals surface area contributed by atoms with Crippen LogP contribution in [0.4, 0.5) is 10.1 Å². The molecule has 20 heavy (non-hydrogen) atoms. The molecule has 0 aliphatic rings. The molecule has 0 fully saturated rings. The van der Waals surface area contributed by atoms with Crippen molar-refractivity contribution in [2.24, 2.45) is 0 Å². The summed E-state index contributed by atoms with van der Waals surface area (Å²) >= 11 is 0. The van der Waals surface area contributed by atoms with Gasteiger partial charge >= 0.3 is 0 Å². The van der Waals surface area contributed by atoms with Crippen LogP contribution in [0.3, 0.4) is 0 Å². The third kappa shape index (κ3) is 4.18. The van der Waals surface area contributed by atoms with E-state index in [2.05, 4.69) is 12.2 Å². The predicted molar refractivity (Wildman–Crippen MR) is 82.7 cm³/mol. The molecule has 0 radical (unpaired) electrons. The van der Waals surface area contributed by atoms with Crippen LogP contribution < -0.4 is 10.2 Å². The van der Waals surface area contributed by atoms with Crippen LogP contribution in [-0.2, 0) is 0 Å². The Morgan fingerprint density at radius 2 is 2.00 bits per heavy atom. The van der Waals surface area contributed by atoms with Crippen molar-refractivity contribution < 1.29 is 9.50 Å². The van der Waals surface area contributed by atoms with E-state index >= 15 is 0 Å². The number of rotatable bonds is 8. The predicted octanol–water partition coefficient (Wildman–Crippen LogP) is 3.09. The van der Waals surface area contributed by atoms with E-state index in [1.165, 1.54) is 6.07 Å². The Kier molecular flexibility index (Phi) is 6.96. The zero-order valence-corrected chi connectivity index (χ0v) is 13.0. The zero-order valence-electron chi connectivity index (χ0n) is 13.0. The van der Waals surface area contributed by atoms with Crippen molar-refractivity contribution in [2.75, 3.05) is 24.6 Å². The van der Waals surface area contributed by atoms with Crippen LogP contribution in [0.25, 0.3) is 0 Å². The lowest BCUT2D eigenvalue weighted by Crippen LogP contribution is -2.36. The van der Waals surface area contributed by atoms with Crippen molar-refractivity contribution in [3.63, 3.8) is 0 Å². The smallest absolute Gasteiger partial charge is 0.146 e. The van der Waals surface area contributed by atoms with Gasteiger partial charge in [0.05, 0.1) is 12.3 Å². The highest BCUT2D eigenvalue weighted by molar-refractivity contribution is 5.56. The second-order valence-electron chi connectivity index (χ2n) is 5.36. The average molecular weight is 282 g/mol. The van der Waals surface area contributed by atoms with Crippen LogP contribution in [0.15, 0.2) is 18.2 Å². The number of anilines is 1. The Balaban J connectivity index is 3.14. The van der Waals surface area contributed by atoms with Gasteiger partial charge in [0.15, 0.2) is 0 Å². The molecule has 0 saturated heterocycles. The molecule has 0 aromatic heterocycles. The van der Waals surface area contributed by atoms with Crippen LogP contribution in [0.1, 0.15) is 45.7 Å². The Labute approximate surface area is 121 Å². The molecule has 0 aliphatic carbocycles. The Morgan fingerprint density at radius 3 is 2.55 bits per heavy atom. The number of nitrogens with zero attached hydrogens (tertiary/aromatic N) is 1. The first kappa shape index (κ1) is 16.9. The van der Waals surface area contributed by atoms with Crippen LogP contribution in [0.5, 0.6) is 0 Å². The third-order valence-corrected chi connectivity index (χ3v) is 3.44. The summed E-state index contributed by atoms with van der Waals surface area (Å²) in [4.78, 5) is 1.93. The van der Waals surface area contributed by atoms with Gasteiger partial charge in [-0.25, -0.2) is 4.39 Å². The minimum absolute atomic E-state index is 0.0166. The summed E-state index contributed by atoms with van der Waals surface area (Å²) < 4.78 is 14.3. The standard InChI is InChI=1S/C16H27FN2O/c1-5-9-18-13(4)14-7-6-8-15(17)16(14)19(10-11-20)12(2)3/h6-8,12-13,18,20H,5,9-11H2,1-4H3. The molecule has 1 atom stereocenters. The lowest BCUT2D eigenvalue weighted by molar-refractivity contribution is 0.298. The van der Waals surface area contributed by atoms with Gasteiger partial charge in [-0.05, 0) is 45.4 Å². The van der Waals surface area contributed by atoms with E-state index in [-0.39, 0.29) is 24.5 Å². The number of benzene rings is 1. The van der Waals surface area contributed by atoms with Gasteiger partial charge in [0, 0.05) is 18.6 Å².